The maximum atomic E-state index is 12.6. The molecule has 9 heteroatoms. The van der Waals surface area contributed by atoms with Gasteiger partial charge in [-0.05, 0) is 43.5 Å². The van der Waals surface area contributed by atoms with Crippen molar-refractivity contribution in [3.05, 3.63) is 53.5 Å². The second-order valence-electron chi connectivity index (χ2n) is 6.96. The lowest BCUT2D eigenvalue weighted by molar-refractivity contribution is -0.120. The smallest absolute Gasteiger partial charge is 0.255 e. The quantitative estimate of drug-likeness (QED) is 0.711. The average Bonchev–Trinajstić information content (AvgIpc) is 3.17. The van der Waals surface area contributed by atoms with Crippen LogP contribution in [0.3, 0.4) is 0 Å². The lowest BCUT2D eigenvalue weighted by Crippen LogP contribution is -2.36. The fraction of sp³-hybridized carbons (Fsp3) is 0.400. The topological polar surface area (TPSA) is 109 Å². The van der Waals surface area contributed by atoms with Gasteiger partial charge in [-0.2, -0.15) is 4.31 Å². The predicted octanol–water partition coefficient (Wildman–Crippen LogP) is 1.81. The summed E-state index contributed by atoms with van der Waals surface area (Å²) in [4.78, 5) is 24.2. The SMILES string of the molecule is Cc1occc1C(=O)NCC(=O)NCc1ccc(S(=O)(=O)N2CCCCC2)cc1. The highest BCUT2D eigenvalue weighted by molar-refractivity contribution is 7.89. The largest absolute Gasteiger partial charge is 0.469 e. The second-order valence-corrected chi connectivity index (χ2v) is 8.90. The number of furan rings is 1. The number of carbonyl (C=O) groups is 2. The zero-order chi connectivity index (χ0) is 20.9. The van der Waals surface area contributed by atoms with E-state index in [0.717, 1.165) is 24.8 Å². The van der Waals surface area contributed by atoms with Crippen LogP contribution in [0, 0.1) is 6.92 Å². The van der Waals surface area contributed by atoms with Crippen molar-refractivity contribution in [2.24, 2.45) is 0 Å². The molecule has 3 rings (SSSR count). The summed E-state index contributed by atoms with van der Waals surface area (Å²) in [5.41, 5.74) is 1.16. The number of benzene rings is 1. The Hall–Kier alpha value is -2.65. The molecule has 0 unspecified atom stereocenters. The standard InChI is InChI=1S/C20H25N3O5S/c1-15-18(9-12-28-15)20(25)22-14-19(24)21-13-16-5-7-17(8-6-16)29(26,27)23-10-3-2-4-11-23/h5-9,12H,2-4,10-11,13-14H2,1H3,(H,21,24)(H,22,25). The molecule has 1 aromatic heterocycles. The van der Waals surface area contributed by atoms with Crippen molar-refractivity contribution in [1.82, 2.24) is 14.9 Å². The van der Waals surface area contributed by atoms with Gasteiger partial charge in [0.2, 0.25) is 15.9 Å². The highest BCUT2D eigenvalue weighted by Crippen LogP contribution is 2.20. The van der Waals surface area contributed by atoms with Crippen molar-refractivity contribution in [2.75, 3.05) is 19.6 Å². The number of amides is 2. The molecule has 1 aliphatic rings. The molecule has 0 atom stereocenters. The molecule has 29 heavy (non-hydrogen) atoms. The van der Waals surface area contributed by atoms with E-state index in [9.17, 15) is 18.0 Å². The normalized spacial score (nSPS) is 15.1. The molecule has 0 bridgehead atoms. The van der Waals surface area contributed by atoms with Gasteiger partial charge in [0.15, 0.2) is 0 Å². The molecule has 8 nitrogen and oxygen atoms in total. The van der Waals surface area contributed by atoms with Crippen molar-refractivity contribution in [3.63, 3.8) is 0 Å². The van der Waals surface area contributed by atoms with Crippen LogP contribution in [0.5, 0.6) is 0 Å². The molecule has 1 aliphatic heterocycles. The third kappa shape index (κ3) is 5.24. The number of hydrogen-bond acceptors (Lipinski definition) is 5. The van der Waals surface area contributed by atoms with E-state index in [1.807, 2.05) is 0 Å². The molecule has 0 radical (unpaired) electrons. The molecular formula is C20H25N3O5S. The van der Waals surface area contributed by atoms with E-state index in [2.05, 4.69) is 10.6 Å². The van der Waals surface area contributed by atoms with Gasteiger partial charge in [-0.3, -0.25) is 9.59 Å². The summed E-state index contributed by atoms with van der Waals surface area (Å²) in [6, 6.07) is 8.04. The summed E-state index contributed by atoms with van der Waals surface area (Å²) < 4.78 is 31.9. The van der Waals surface area contributed by atoms with E-state index in [-0.39, 0.29) is 29.8 Å². The zero-order valence-corrected chi connectivity index (χ0v) is 17.1. The number of sulfonamides is 1. The summed E-state index contributed by atoms with van der Waals surface area (Å²) in [6.45, 7) is 2.87. The Kier molecular flexibility index (Phi) is 6.71. The van der Waals surface area contributed by atoms with E-state index >= 15 is 0 Å². The molecular weight excluding hydrogens is 394 g/mol. The summed E-state index contributed by atoms with van der Waals surface area (Å²) in [5.74, 6) is -0.231. The van der Waals surface area contributed by atoms with Crippen LogP contribution in [0.4, 0.5) is 0 Å². The average molecular weight is 420 g/mol. The van der Waals surface area contributed by atoms with Crippen LogP contribution in [-0.2, 0) is 21.4 Å². The van der Waals surface area contributed by atoms with E-state index in [1.165, 1.54) is 10.6 Å². The molecule has 1 fully saturated rings. The fourth-order valence-electron chi connectivity index (χ4n) is 3.17. The van der Waals surface area contributed by atoms with Crippen molar-refractivity contribution in [1.29, 1.82) is 0 Å². The summed E-state index contributed by atoms with van der Waals surface area (Å²) >= 11 is 0. The van der Waals surface area contributed by atoms with Crippen LogP contribution in [0.15, 0.2) is 45.9 Å². The first kappa shape index (κ1) is 21.1. The Labute approximate surface area is 170 Å². The monoisotopic (exact) mass is 419 g/mol. The molecule has 0 aliphatic carbocycles. The van der Waals surface area contributed by atoms with Crippen molar-refractivity contribution in [2.45, 2.75) is 37.6 Å². The van der Waals surface area contributed by atoms with E-state index in [4.69, 9.17) is 4.42 Å². The van der Waals surface area contributed by atoms with Gasteiger partial charge in [0.05, 0.1) is 23.3 Å². The number of aryl methyl sites for hydroxylation is 1. The molecule has 0 saturated carbocycles. The molecule has 2 N–H and O–H groups in total. The molecule has 156 valence electrons. The van der Waals surface area contributed by atoms with E-state index in [1.54, 1.807) is 37.3 Å². The van der Waals surface area contributed by atoms with Crippen LogP contribution in [0.25, 0.3) is 0 Å². The Morgan fingerprint density at radius 2 is 1.72 bits per heavy atom. The highest BCUT2D eigenvalue weighted by atomic mass is 32.2. The number of carbonyl (C=O) groups excluding carboxylic acids is 2. The third-order valence-electron chi connectivity index (χ3n) is 4.88. The molecule has 0 spiro atoms. The third-order valence-corrected chi connectivity index (χ3v) is 6.79. The minimum atomic E-state index is -3.46. The van der Waals surface area contributed by atoms with E-state index < -0.39 is 10.0 Å². The first-order chi connectivity index (χ1) is 13.9. The Morgan fingerprint density at radius 1 is 1.03 bits per heavy atom. The van der Waals surface area contributed by atoms with Crippen LogP contribution in [0.2, 0.25) is 0 Å². The fourth-order valence-corrected chi connectivity index (χ4v) is 4.69. The molecule has 2 amide bonds. The summed E-state index contributed by atoms with van der Waals surface area (Å²) in [7, 11) is -3.46. The maximum Gasteiger partial charge on any atom is 0.255 e. The zero-order valence-electron chi connectivity index (χ0n) is 16.3. The highest BCUT2D eigenvalue weighted by Gasteiger charge is 2.25. The van der Waals surface area contributed by atoms with Gasteiger partial charge in [-0.25, -0.2) is 8.42 Å². The Bertz CT molecular complexity index is 960. The lowest BCUT2D eigenvalue weighted by atomic mass is 10.2. The minimum absolute atomic E-state index is 0.162. The van der Waals surface area contributed by atoms with Crippen LogP contribution in [0.1, 0.15) is 40.9 Å². The van der Waals surface area contributed by atoms with Gasteiger partial charge in [0, 0.05) is 19.6 Å². The number of nitrogens with one attached hydrogen (secondary N) is 2. The number of piperidine rings is 1. The molecule has 2 heterocycles. The van der Waals surface area contributed by atoms with Gasteiger partial charge in [0.25, 0.3) is 5.91 Å². The van der Waals surface area contributed by atoms with E-state index in [0.29, 0.717) is 24.4 Å². The Morgan fingerprint density at radius 3 is 2.34 bits per heavy atom. The van der Waals surface area contributed by atoms with Crippen molar-refractivity contribution >= 4 is 21.8 Å². The van der Waals surface area contributed by atoms with Crippen molar-refractivity contribution in [3.8, 4) is 0 Å². The summed E-state index contributed by atoms with van der Waals surface area (Å²) in [5, 5.41) is 5.23. The van der Waals surface area contributed by atoms with Gasteiger partial charge < -0.3 is 15.1 Å². The van der Waals surface area contributed by atoms with Crippen LogP contribution in [-0.4, -0.2) is 44.2 Å². The maximum absolute atomic E-state index is 12.6. The van der Waals surface area contributed by atoms with Crippen LogP contribution < -0.4 is 10.6 Å². The minimum Gasteiger partial charge on any atom is -0.469 e. The van der Waals surface area contributed by atoms with Gasteiger partial charge in [-0.15, -0.1) is 0 Å². The first-order valence-electron chi connectivity index (χ1n) is 9.56. The van der Waals surface area contributed by atoms with Gasteiger partial charge in [0.1, 0.15) is 5.76 Å². The lowest BCUT2D eigenvalue weighted by Gasteiger charge is -2.25. The Balaban J connectivity index is 1.49. The first-order valence-corrected chi connectivity index (χ1v) is 11.0. The molecule has 1 saturated heterocycles. The number of nitrogens with zero attached hydrogens (tertiary/aromatic N) is 1. The number of rotatable bonds is 7. The second kappa shape index (κ2) is 9.23. The van der Waals surface area contributed by atoms with Crippen molar-refractivity contribution < 1.29 is 22.4 Å². The van der Waals surface area contributed by atoms with Gasteiger partial charge >= 0.3 is 0 Å². The van der Waals surface area contributed by atoms with Crippen LogP contribution >= 0.6 is 0 Å². The molecule has 1 aromatic carbocycles. The predicted molar refractivity (Wildman–Crippen MR) is 107 cm³/mol. The molecule has 2 aromatic rings. The number of hydrogen-bond donors (Lipinski definition) is 2. The summed E-state index contributed by atoms with van der Waals surface area (Å²) in [6.07, 6.45) is 4.26. The van der Waals surface area contributed by atoms with Gasteiger partial charge in [-0.1, -0.05) is 18.6 Å².